The molecular weight excluding hydrogens is 292 g/mol. The van der Waals surface area contributed by atoms with Crippen molar-refractivity contribution in [2.24, 2.45) is 23.2 Å². The van der Waals surface area contributed by atoms with E-state index in [0.29, 0.717) is 5.78 Å². The van der Waals surface area contributed by atoms with Crippen LogP contribution in [0.25, 0.3) is 6.08 Å². The fourth-order valence-corrected chi connectivity index (χ4v) is 5.86. The molecule has 1 aromatic carbocycles. The number of benzene rings is 1. The third kappa shape index (κ3) is 2.87. The van der Waals surface area contributed by atoms with Gasteiger partial charge in [0.15, 0.2) is 5.78 Å². The molecule has 24 heavy (non-hydrogen) atoms. The summed E-state index contributed by atoms with van der Waals surface area (Å²) in [4.78, 5) is 13.0. The van der Waals surface area contributed by atoms with Crippen LogP contribution in [0.4, 0.5) is 0 Å². The van der Waals surface area contributed by atoms with Crippen molar-refractivity contribution in [3.05, 3.63) is 41.5 Å². The van der Waals surface area contributed by atoms with E-state index < -0.39 is 0 Å². The molecule has 1 nitrogen and oxygen atoms in total. The van der Waals surface area contributed by atoms with Crippen LogP contribution in [0.3, 0.4) is 0 Å². The van der Waals surface area contributed by atoms with E-state index in [4.69, 9.17) is 0 Å². The maximum Gasteiger partial charge on any atom is 0.161 e. The molecule has 128 valence electrons. The second-order valence-electron chi connectivity index (χ2n) is 9.77. The van der Waals surface area contributed by atoms with Crippen LogP contribution in [0.5, 0.6) is 0 Å². The van der Waals surface area contributed by atoms with Gasteiger partial charge in [0.25, 0.3) is 0 Å². The summed E-state index contributed by atoms with van der Waals surface area (Å²) in [5.41, 5.74) is 2.65. The number of hydrogen-bond acceptors (Lipinski definition) is 1. The van der Waals surface area contributed by atoms with Crippen LogP contribution >= 0.6 is 0 Å². The minimum Gasteiger partial charge on any atom is -0.294 e. The number of hydrogen-bond donors (Lipinski definition) is 0. The van der Waals surface area contributed by atoms with Gasteiger partial charge < -0.3 is 0 Å². The lowest BCUT2D eigenvalue weighted by Crippen LogP contribution is -2.49. The highest BCUT2D eigenvalue weighted by Gasteiger charge is 2.53. The lowest BCUT2D eigenvalue weighted by Gasteiger charge is -2.55. The maximum absolute atomic E-state index is 13.0. The molecule has 4 aliphatic rings. The third-order valence-corrected chi connectivity index (χ3v) is 6.76. The van der Waals surface area contributed by atoms with E-state index >= 15 is 0 Å². The zero-order chi connectivity index (χ0) is 16.9. The van der Waals surface area contributed by atoms with E-state index in [0.717, 1.165) is 42.6 Å². The van der Waals surface area contributed by atoms with Crippen LogP contribution < -0.4 is 0 Å². The normalized spacial score (nSPS) is 34.9. The second-order valence-corrected chi connectivity index (χ2v) is 9.77. The Bertz CT molecular complexity index is 621. The molecule has 0 spiro atoms. The SMILES string of the molecule is CC(C)(C)c1ccc(/C=C/C(=O)C23CC4CC(CC(C4)C2)C3)cc1. The van der Waals surface area contributed by atoms with Gasteiger partial charge in [-0.3, -0.25) is 4.79 Å². The number of ketones is 1. The fourth-order valence-electron chi connectivity index (χ4n) is 5.86. The molecule has 0 atom stereocenters. The van der Waals surface area contributed by atoms with Crippen molar-refractivity contribution in [2.45, 2.75) is 64.7 Å². The molecule has 5 rings (SSSR count). The Morgan fingerprint density at radius 3 is 1.92 bits per heavy atom. The van der Waals surface area contributed by atoms with E-state index in [2.05, 4.69) is 45.0 Å². The van der Waals surface area contributed by atoms with Crippen molar-refractivity contribution < 1.29 is 4.79 Å². The zero-order valence-corrected chi connectivity index (χ0v) is 15.3. The van der Waals surface area contributed by atoms with Crippen molar-refractivity contribution >= 4 is 11.9 Å². The Labute approximate surface area is 146 Å². The summed E-state index contributed by atoms with van der Waals surface area (Å²) in [7, 11) is 0. The van der Waals surface area contributed by atoms with Crippen molar-refractivity contribution in [1.29, 1.82) is 0 Å². The smallest absolute Gasteiger partial charge is 0.161 e. The van der Waals surface area contributed by atoms with Crippen molar-refractivity contribution in [1.82, 2.24) is 0 Å². The molecule has 0 amide bonds. The van der Waals surface area contributed by atoms with Crippen LogP contribution in [0.2, 0.25) is 0 Å². The first-order chi connectivity index (χ1) is 11.3. The number of carbonyl (C=O) groups is 1. The van der Waals surface area contributed by atoms with Crippen LogP contribution in [-0.2, 0) is 10.2 Å². The standard InChI is InChI=1S/C23H30O/c1-22(2,3)20-7-4-16(5-8-20)6-9-21(24)23-13-17-10-18(14-23)12-19(11-17)15-23/h4-9,17-19H,10-15H2,1-3H3/b9-6+. The molecule has 0 heterocycles. The fraction of sp³-hybridized carbons (Fsp3) is 0.609. The van der Waals surface area contributed by atoms with E-state index in [9.17, 15) is 4.79 Å². The Hall–Kier alpha value is -1.37. The predicted octanol–water partition coefficient (Wildman–Crippen LogP) is 5.78. The van der Waals surface area contributed by atoms with Crippen molar-refractivity contribution in [2.75, 3.05) is 0 Å². The second kappa shape index (κ2) is 5.58. The molecule has 0 N–H and O–H groups in total. The molecule has 1 aromatic rings. The summed E-state index contributed by atoms with van der Waals surface area (Å²) >= 11 is 0. The minimum atomic E-state index is -0.00337. The molecule has 0 unspecified atom stereocenters. The molecule has 4 fully saturated rings. The van der Waals surface area contributed by atoms with Gasteiger partial charge in [-0.05, 0) is 78.9 Å². The molecule has 4 aliphatic carbocycles. The van der Waals surface area contributed by atoms with E-state index in [1.165, 1.54) is 24.8 Å². The molecular formula is C23H30O. The van der Waals surface area contributed by atoms with Gasteiger partial charge in [-0.25, -0.2) is 0 Å². The van der Waals surface area contributed by atoms with Gasteiger partial charge in [0.1, 0.15) is 0 Å². The summed E-state index contributed by atoms with van der Waals surface area (Å²) in [6, 6.07) is 8.66. The predicted molar refractivity (Wildman–Crippen MR) is 99.8 cm³/mol. The highest BCUT2D eigenvalue weighted by atomic mass is 16.1. The Morgan fingerprint density at radius 1 is 0.958 bits per heavy atom. The van der Waals surface area contributed by atoms with Gasteiger partial charge in [-0.15, -0.1) is 0 Å². The third-order valence-electron chi connectivity index (χ3n) is 6.76. The van der Waals surface area contributed by atoms with Gasteiger partial charge in [-0.2, -0.15) is 0 Å². The first kappa shape index (κ1) is 16.1. The van der Waals surface area contributed by atoms with E-state index in [1.54, 1.807) is 0 Å². The van der Waals surface area contributed by atoms with Gasteiger partial charge >= 0.3 is 0 Å². The Morgan fingerprint density at radius 2 is 1.46 bits per heavy atom. The molecule has 0 radical (unpaired) electrons. The number of carbonyl (C=O) groups excluding carboxylic acids is 1. The van der Waals surface area contributed by atoms with Crippen LogP contribution in [0.15, 0.2) is 30.3 Å². The van der Waals surface area contributed by atoms with Crippen LogP contribution in [0.1, 0.15) is 70.4 Å². The first-order valence-corrected chi connectivity index (χ1v) is 9.67. The highest BCUT2D eigenvalue weighted by molar-refractivity contribution is 5.98. The maximum atomic E-state index is 13.0. The van der Waals surface area contributed by atoms with Crippen molar-refractivity contribution in [3.8, 4) is 0 Å². The number of allylic oxidation sites excluding steroid dienone is 1. The monoisotopic (exact) mass is 322 g/mol. The Balaban J connectivity index is 1.49. The molecule has 4 bridgehead atoms. The van der Waals surface area contributed by atoms with Gasteiger partial charge in [0.05, 0.1) is 0 Å². The number of rotatable bonds is 3. The lowest BCUT2D eigenvalue weighted by atomic mass is 9.48. The molecule has 4 saturated carbocycles. The van der Waals surface area contributed by atoms with Crippen LogP contribution in [0, 0.1) is 23.2 Å². The quantitative estimate of drug-likeness (QED) is 0.644. The lowest BCUT2D eigenvalue weighted by molar-refractivity contribution is -0.138. The zero-order valence-electron chi connectivity index (χ0n) is 15.3. The molecule has 1 heteroatoms. The average Bonchev–Trinajstić information content (AvgIpc) is 2.51. The summed E-state index contributed by atoms with van der Waals surface area (Å²) < 4.78 is 0. The van der Waals surface area contributed by atoms with Gasteiger partial charge in [0.2, 0.25) is 0 Å². The van der Waals surface area contributed by atoms with Crippen molar-refractivity contribution in [3.63, 3.8) is 0 Å². The Kier molecular flexibility index (Phi) is 3.74. The summed E-state index contributed by atoms with van der Waals surface area (Å²) in [5.74, 6) is 2.90. The minimum absolute atomic E-state index is 0.00337. The van der Waals surface area contributed by atoms with E-state index in [-0.39, 0.29) is 10.8 Å². The summed E-state index contributed by atoms with van der Waals surface area (Å²) in [5, 5.41) is 0. The molecule has 0 aromatic heterocycles. The summed E-state index contributed by atoms with van der Waals surface area (Å²) in [6.07, 6.45) is 11.6. The summed E-state index contributed by atoms with van der Waals surface area (Å²) in [6.45, 7) is 6.69. The molecule has 0 saturated heterocycles. The average molecular weight is 322 g/mol. The van der Waals surface area contributed by atoms with Gasteiger partial charge in [0, 0.05) is 5.41 Å². The van der Waals surface area contributed by atoms with Gasteiger partial charge in [-0.1, -0.05) is 51.1 Å². The van der Waals surface area contributed by atoms with E-state index in [1.807, 2.05) is 12.2 Å². The van der Waals surface area contributed by atoms with Crippen LogP contribution in [-0.4, -0.2) is 5.78 Å². The highest BCUT2D eigenvalue weighted by Crippen LogP contribution is 2.60. The first-order valence-electron chi connectivity index (χ1n) is 9.67. The largest absolute Gasteiger partial charge is 0.294 e. The molecule has 0 aliphatic heterocycles. The topological polar surface area (TPSA) is 17.1 Å².